The maximum Gasteiger partial charge on any atom is 0.336 e. The molecule has 0 radical (unpaired) electrons. The molecule has 9 heteroatoms. The Labute approximate surface area is 173 Å². The number of aromatic carboxylic acids is 1. The minimum atomic E-state index is -1.26. The molecule has 2 fully saturated rings. The quantitative estimate of drug-likeness (QED) is 0.471. The molecule has 160 valence electrons. The Kier molecular flexibility index (Phi) is 7.18. The van der Waals surface area contributed by atoms with E-state index in [0.717, 1.165) is 19.3 Å². The first kappa shape index (κ1) is 22.0. The number of amides is 1. The number of carbonyl (C=O) groups excluding carboxylic acids is 1. The molecular weight excluding hydrogens is 398 g/mol. The van der Waals surface area contributed by atoms with Gasteiger partial charge >= 0.3 is 5.97 Å². The van der Waals surface area contributed by atoms with E-state index in [1.54, 1.807) is 19.1 Å². The van der Waals surface area contributed by atoms with E-state index in [0.29, 0.717) is 6.42 Å². The molecule has 29 heavy (non-hydrogen) atoms. The maximum atomic E-state index is 12.6. The molecule has 1 saturated carbocycles. The third kappa shape index (κ3) is 5.10. The number of carboxylic acids is 1. The number of rotatable bonds is 5. The zero-order chi connectivity index (χ0) is 21.1. The average Bonchev–Trinajstić information content (AvgIpc) is 2.70. The Bertz CT molecular complexity index is 745. The van der Waals surface area contributed by atoms with Crippen molar-refractivity contribution in [3.63, 3.8) is 0 Å². The molecule has 1 heterocycles. The summed E-state index contributed by atoms with van der Waals surface area (Å²) in [4.78, 5) is 23.9. The van der Waals surface area contributed by atoms with Gasteiger partial charge in [-0.05, 0) is 38.3 Å². The van der Waals surface area contributed by atoms with Crippen molar-refractivity contribution in [2.45, 2.75) is 73.8 Å². The van der Waals surface area contributed by atoms with Crippen molar-refractivity contribution < 1.29 is 34.8 Å². The highest BCUT2D eigenvalue weighted by molar-refractivity contribution is 8.00. The third-order valence-electron chi connectivity index (χ3n) is 5.50. The van der Waals surface area contributed by atoms with Crippen LogP contribution in [0.3, 0.4) is 0 Å². The second-order valence-electron chi connectivity index (χ2n) is 7.63. The highest BCUT2D eigenvalue weighted by Gasteiger charge is 2.43. The monoisotopic (exact) mass is 425 g/mol. The molecule has 1 aliphatic carbocycles. The molecule has 1 aromatic rings. The number of thioether (sulfide) groups is 1. The predicted molar refractivity (Wildman–Crippen MR) is 107 cm³/mol. The fraction of sp³-hybridized carbons (Fsp3) is 0.600. The number of aliphatic hydroxyl groups excluding tert-OH is 3. The van der Waals surface area contributed by atoms with Crippen LogP contribution in [-0.4, -0.2) is 73.4 Å². The fourth-order valence-corrected chi connectivity index (χ4v) is 5.43. The maximum absolute atomic E-state index is 12.6. The largest absolute Gasteiger partial charge is 0.478 e. The zero-order valence-corrected chi connectivity index (χ0v) is 16.9. The highest BCUT2D eigenvalue weighted by atomic mass is 32.2. The minimum absolute atomic E-state index is 0.0352. The SMILES string of the molecule is C[C@@H]1O[C@@H](SC2CCCC(NC(=O)c3ccccc3C(=O)O)C2)[C@@H](O)[C@H](O)[C@@H]1O. The number of carboxylic acid groups (broad SMARTS) is 1. The molecule has 7 atom stereocenters. The smallest absolute Gasteiger partial charge is 0.336 e. The molecule has 2 unspecified atom stereocenters. The summed E-state index contributed by atoms with van der Waals surface area (Å²) in [7, 11) is 0. The van der Waals surface area contributed by atoms with Gasteiger partial charge in [0.15, 0.2) is 0 Å². The minimum Gasteiger partial charge on any atom is -0.478 e. The van der Waals surface area contributed by atoms with E-state index in [9.17, 15) is 30.0 Å². The first-order valence-electron chi connectivity index (χ1n) is 9.76. The van der Waals surface area contributed by atoms with E-state index >= 15 is 0 Å². The number of ether oxygens (including phenoxy) is 1. The van der Waals surface area contributed by atoms with Gasteiger partial charge in [-0.1, -0.05) is 18.6 Å². The molecule has 0 aromatic heterocycles. The summed E-state index contributed by atoms with van der Waals surface area (Å²) in [6.45, 7) is 1.65. The fourth-order valence-electron chi connectivity index (χ4n) is 3.85. The Hall–Kier alpha value is -1.65. The number of hydrogen-bond donors (Lipinski definition) is 5. The summed E-state index contributed by atoms with van der Waals surface area (Å²) in [5.74, 6) is -1.56. The van der Waals surface area contributed by atoms with Crippen molar-refractivity contribution in [2.24, 2.45) is 0 Å². The van der Waals surface area contributed by atoms with Crippen LogP contribution in [0.5, 0.6) is 0 Å². The van der Waals surface area contributed by atoms with E-state index in [2.05, 4.69) is 5.32 Å². The highest BCUT2D eigenvalue weighted by Crippen LogP contribution is 2.36. The normalized spacial score (nSPS) is 35.1. The van der Waals surface area contributed by atoms with Gasteiger partial charge in [0.1, 0.15) is 23.7 Å². The molecule has 2 aliphatic rings. The van der Waals surface area contributed by atoms with Gasteiger partial charge in [-0.3, -0.25) is 4.79 Å². The molecule has 1 aromatic carbocycles. The number of benzene rings is 1. The molecule has 0 bridgehead atoms. The van der Waals surface area contributed by atoms with Crippen molar-refractivity contribution in [3.05, 3.63) is 35.4 Å². The first-order valence-corrected chi connectivity index (χ1v) is 10.7. The average molecular weight is 426 g/mol. The van der Waals surface area contributed by atoms with Crippen LogP contribution in [0.25, 0.3) is 0 Å². The van der Waals surface area contributed by atoms with Crippen LogP contribution in [0, 0.1) is 0 Å². The zero-order valence-electron chi connectivity index (χ0n) is 16.1. The van der Waals surface area contributed by atoms with E-state index in [1.165, 1.54) is 23.9 Å². The van der Waals surface area contributed by atoms with Crippen LogP contribution < -0.4 is 5.32 Å². The van der Waals surface area contributed by atoms with Crippen LogP contribution in [0.15, 0.2) is 24.3 Å². The van der Waals surface area contributed by atoms with Crippen LogP contribution in [-0.2, 0) is 4.74 Å². The Balaban J connectivity index is 1.60. The number of carbonyl (C=O) groups is 2. The van der Waals surface area contributed by atoms with E-state index in [-0.39, 0.29) is 22.4 Å². The summed E-state index contributed by atoms with van der Waals surface area (Å²) >= 11 is 1.41. The van der Waals surface area contributed by atoms with Crippen LogP contribution in [0.1, 0.15) is 53.3 Å². The lowest BCUT2D eigenvalue weighted by Gasteiger charge is -2.41. The molecule has 8 nitrogen and oxygen atoms in total. The first-order chi connectivity index (χ1) is 13.8. The van der Waals surface area contributed by atoms with Crippen LogP contribution in [0.2, 0.25) is 0 Å². The molecule has 3 rings (SSSR count). The summed E-state index contributed by atoms with van der Waals surface area (Å²) in [5.41, 5.74) is -0.561. The second kappa shape index (κ2) is 9.44. The summed E-state index contributed by atoms with van der Waals surface area (Å²) in [5, 5.41) is 42.3. The Morgan fingerprint density at radius 2 is 1.76 bits per heavy atom. The number of nitrogens with one attached hydrogen (secondary N) is 1. The topological polar surface area (TPSA) is 136 Å². The summed E-state index contributed by atoms with van der Waals surface area (Å²) in [6.07, 6.45) is -0.997. The van der Waals surface area contributed by atoms with Gasteiger partial charge in [0.2, 0.25) is 0 Å². The summed E-state index contributed by atoms with van der Waals surface area (Å²) < 4.78 is 5.66. The standard InChI is InChI=1S/C20H27NO7S/c1-10-15(22)16(23)17(24)20(28-10)29-12-6-4-5-11(9-12)21-18(25)13-7-2-3-8-14(13)19(26)27/h2-3,7-8,10-12,15-17,20,22-24H,4-6,9H2,1H3,(H,21,25)(H,26,27)/t10-,11?,12?,15+,16+,17-,20-/m0/s1. The van der Waals surface area contributed by atoms with Gasteiger partial charge in [0.05, 0.1) is 17.2 Å². The van der Waals surface area contributed by atoms with Crippen molar-refractivity contribution in [3.8, 4) is 0 Å². The third-order valence-corrected chi connectivity index (χ3v) is 6.97. The molecule has 0 spiro atoms. The van der Waals surface area contributed by atoms with Gasteiger partial charge in [0, 0.05) is 11.3 Å². The predicted octanol–water partition coefficient (Wildman–Crippen LogP) is 0.986. The molecule has 1 aliphatic heterocycles. The summed E-state index contributed by atoms with van der Waals surface area (Å²) in [6, 6.07) is 5.98. The molecular formula is C20H27NO7S. The van der Waals surface area contributed by atoms with Gasteiger partial charge in [-0.2, -0.15) is 0 Å². The lowest BCUT2D eigenvalue weighted by atomic mass is 9.94. The number of hydrogen-bond acceptors (Lipinski definition) is 7. The lowest BCUT2D eigenvalue weighted by molar-refractivity contribution is -0.192. The van der Waals surface area contributed by atoms with Crippen LogP contribution in [0.4, 0.5) is 0 Å². The van der Waals surface area contributed by atoms with E-state index < -0.39 is 41.7 Å². The molecule has 1 saturated heterocycles. The van der Waals surface area contributed by atoms with Gasteiger partial charge in [-0.15, -0.1) is 11.8 Å². The van der Waals surface area contributed by atoms with Gasteiger partial charge in [-0.25, -0.2) is 4.79 Å². The van der Waals surface area contributed by atoms with Crippen molar-refractivity contribution in [1.29, 1.82) is 0 Å². The Morgan fingerprint density at radius 1 is 1.07 bits per heavy atom. The molecule has 5 N–H and O–H groups in total. The van der Waals surface area contributed by atoms with Crippen LogP contribution >= 0.6 is 11.8 Å². The second-order valence-corrected chi connectivity index (χ2v) is 9.03. The van der Waals surface area contributed by atoms with E-state index in [4.69, 9.17) is 4.74 Å². The van der Waals surface area contributed by atoms with Gasteiger partial charge in [0.25, 0.3) is 5.91 Å². The lowest BCUT2D eigenvalue weighted by Crippen LogP contribution is -2.56. The van der Waals surface area contributed by atoms with Crippen molar-refractivity contribution >= 4 is 23.6 Å². The Morgan fingerprint density at radius 3 is 2.45 bits per heavy atom. The van der Waals surface area contributed by atoms with E-state index in [1.807, 2.05) is 0 Å². The number of aliphatic hydroxyl groups is 3. The van der Waals surface area contributed by atoms with Crippen molar-refractivity contribution in [2.75, 3.05) is 0 Å². The van der Waals surface area contributed by atoms with Gasteiger partial charge < -0.3 is 30.5 Å². The molecule has 1 amide bonds. The van der Waals surface area contributed by atoms with Crippen molar-refractivity contribution in [1.82, 2.24) is 5.32 Å².